The van der Waals surface area contributed by atoms with Gasteiger partial charge in [0.25, 0.3) is 0 Å². The van der Waals surface area contributed by atoms with Gasteiger partial charge in [0.2, 0.25) is 0 Å². The summed E-state index contributed by atoms with van der Waals surface area (Å²) in [5.74, 6) is 1.66. The first-order chi connectivity index (χ1) is 14.5. The van der Waals surface area contributed by atoms with Crippen LogP contribution in [0.1, 0.15) is 36.0 Å². The van der Waals surface area contributed by atoms with Crippen LogP contribution in [0.5, 0.6) is 0 Å². The van der Waals surface area contributed by atoms with Gasteiger partial charge in [-0.15, -0.1) is 24.0 Å². The molecule has 170 valence electrons. The highest BCUT2D eigenvalue weighted by molar-refractivity contribution is 14.0. The molecule has 0 amide bonds. The SMILES string of the molecule is CN=C(NCCc1ccc(C(F)(F)F)cc1)NCc1ccnc(N2CCCCC2)c1.I. The Morgan fingerprint density at radius 1 is 1.03 bits per heavy atom. The minimum absolute atomic E-state index is 0. The van der Waals surface area contributed by atoms with E-state index in [9.17, 15) is 13.2 Å². The number of hydrogen-bond acceptors (Lipinski definition) is 3. The molecule has 2 N–H and O–H groups in total. The number of nitrogens with one attached hydrogen (secondary N) is 2. The third kappa shape index (κ3) is 7.86. The van der Waals surface area contributed by atoms with Crippen molar-refractivity contribution in [2.24, 2.45) is 4.99 Å². The van der Waals surface area contributed by atoms with E-state index in [1.807, 2.05) is 12.3 Å². The lowest BCUT2D eigenvalue weighted by Gasteiger charge is -2.28. The summed E-state index contributed by atoms with van der Waals surface area (Å²) in [7, 11) is 1.69. The monoisotopic (exact) mass is 547 g/mol. The van der Waals surface area contributed by atoms with Gasteiger partial charge in [0, 0.05) is 39.4 Å². The highest BCUT2D eigenvalue weighted by Crippen LogP contribution is 2.29. The first kappa shape index (κ1) is 25.2. The normalized spacial score (nSPS) is 14.7. The van der Waals surface area contributed by atoms with E-state index in [-0.39, 0.29) is 24.0 Å². The van der Waals surface area contributed by atoms with Gasteiger partial charge < -0.3 is 15.5 Å². The summed E-state index contributed by atoms with van der Waals surface area (Å²) in [5.41, 5.74) is 1.33. The van der Waals surface area contributed by atoms with E-state index in [2.05, 4.69) is 31.6 Å². The van der Waals surface area contributed by atoms with Gasteiger partial charge >= 0.3 is 6.18 Å². The first-order valence-electron chi connectivity index (χ1n) is 10.3. The number of pyridine rings is 1. The zero-order valence-electron chi connectivity index (χ0n) is 17.6. The van der Waals surface area contributed by atoms with Crippen LogP contribution in [0, 0.1) is 0 Å². The molecule has 1 aromatic heterocycles. The summed E-state index contributed by atoms with van der Waals surface area (Å²) in [6, 6.07) is 9.35. The van der Waals surface area contributed by atoms with Crippen LogP contribution in [0.15, 0.2) is 47.6 Å². The number of halogens is 4. The van der Waals surface area contributed by atoms with E-state index in [0.29, 0.717) is 25.5 Å². The molecule has 0 radical (unpaired) electrons. The Kier molecular flexibility index (Phi) is 9.86. The number of aliphatic imine (C=N–C) groups is 1. The van der Waals surface area contributed by atoms with Crippen molar-refractivity contribution in [1.82, 2.24) is 15.6 Å². The second-order valence-corrected chi connectivity index (χ2v) is 7.37. The molecular weight excluding hydrogens is 518 g/mol. The molecule has 2 aromatic rings. The zero-order chi connectivity index (χ0) is 21.4. The molecule has 0 bridgehead atoms. The molecule has 0 spiro atoms. The molecular formula is C22H29F3IN5. The fourth-order valence-electron chi connectivity index (χ4n) is 3.46. The Bertz CT molecular complexity index is 834. The van der Waals surface area contributed by atoms with E-state index in [1.54, 1.807) is 7.05 Å². The van der Waals surface area contributed by atoms with Gasteiger partial charge in [-0.3, -0.25) is 4.99 Å². The van der Waals surface area contributed by atoms with Crippen molar-refractivity contribution in [1.29, 1.82) is 0 Å². The molecule has 2 heterocycles. The maximum Gasteiger partial charge on any atom is 0.416 e. The predicted octanol–water partition coefficient (Wildman–Crippen LogP) is 4.62. The lowest BCUT2D eigenvalue weighted by atomic mass is 10.1. The summed E-state index contributed by atoms with van der Waals surface area (Å²) >= 11 is 0. The van der Waals surface area contributed by atoms with E-state index < -0.39 is 11.7 Å². The molecule has 0 saturated carbocycles. The van der Waals surface area contributed by atoms with Crippen LogP contribution in [-0.4, -0.2) is 37.6 Å². The van der Waals surface area contributed by atoms with Gasteiger partial charge in [0.05, 0.1) is 5.56 Å². The molecule has 0 unspecified atom stereocenters. The molecule has 0 atom stereocenters. The van der Waals surface area contributed by atoms with Crippen molar-refractivity contribution in [2.75, 3.05) is 31.6 Å². The van der Waals surface area contributed by atoms with Gasteiger partial charge in [-0.1, -0.05) is 12.1 Å². The number of guanidine groups is 1. The molecule has 1 saturated heterocycles. The number of aromatic nitrogens is 1. The zero-order valence-corrected chi connectivity index (χ0v) is 19.9. The number of piperidine rings is 1. The van der Waals surface area contributed by atoms with Gasteiger partial charge in [0.1, 0.15) is 5.82 Å². The van der Waals surface area contributed by atoms with Crippen molar-refractivity contribution in [3.8, 4) is 0 Å². The third-order valence-corrected chi connectivity index (χ3v) is 5.16. The lowest BCUT2D eigenvalue weighted by Crippen LogP contribution is -2.38. The van der Waals surface area contributed by atoms with Gasteiger partial charge in [0.15, 0.2) is 5.96 Å². The Hall–Kier alpha value is -2.04. The molecule has 1 aromatic carbocycles. The molecule has 9 heteroatoms. The van der Waals surface area contributed by atoms with Crippen molar-refractivity contribution >= 4 is 35.8 Å². The Balaban J connectivity index is 0.00000341. The number of benzene rings is 1. The summed E-state index contributed by atoms with van der Waals surface area (Å²) < 4.78 is 37.9. The quantitative estimate of drug-likeness (QED) is 0.315. The number of alkyl halides is 3. The fourth-order valence-corrected chi connectivity index (χ4v) is 3.46. The molecule has 1 aliphatic rings. The van der Waals surface area contributed by atoms with Crippen LogP contribution in [0.3, 0.4) is 0 Å². The molecule has 0 aliphatic carbocycles. The first-order valence-corrected chi connectivity index (χ1v) is 10.3. The van der Waals surface area contributed by atoms with E-state index in [4.69, 9.17) is 0 Å². The van der Waals surface area contributed by atoms with Crippen LogP contribution in [0.2, 0.25) is 0 Å². The van der Waals surface area contributed by atoms with Crippen LogP contribution in [-0.2, 0) is 19.1 Å². The molecule has 5 nitrogen and oxygen atoms in total. The Morgan fingerprint density at radius 3 is 2.39 bits per heavy atom. The van der Waals surface area contributed by atoms with Crippen LogP contribution < -0.4 is 15.5 Å². The second kappa shape index (κ2) is 12.1. The smallest absolute Gasteiger partial charge is 0.357 e. The molecule has 3 rings (SSSR count). The van der Waals surface area contributed by atoms with E-state index in [1.165, 1.54) is 31.4 Å². The summed E-state index contributed by atoms with van der Waals surface area (Å²) in [4.78, 5) is 11.0. The summed E-state index contributed by atoms with van der Waals surface area (Å²) in [5, 5.41) is 6.48. The van der Waals surface area contributed by atoms with Crippen molar-refractivity contribution < 1.29 is 13.2 Å². The van der Waals surface area contributed by atoms with Crippen LogP contribution in [0.25, 0.3) is 0 Å². The van der Waals surface area contributed by atoms with Crippen molar-refractivity contribution in [3.05, 3.63) is 59.3 Å². The highest BCUT2D eigenvalue weighted by Gasteiger charge is 2.29. The van der Waals surface area contributed by atoms with Crippen molar-refractivity contribution in [3.63, 3.8) is 0 Å². The predicted molar refractivity (Wildman–Crippen MR) is 129 cm³/mol. The second-order valence-electron chi connectivity index (χ2n) is 7.37. The molecule has 1 aliphatic heterocycles. The number of anilines is 1. The maximum atomic E-state index is 12.6. The average molecular weight is 547 g/mol. The minimum Gasteiger partial charge on any atom is -0.357 e. The van der Waals surface area contributed by atoms with Crippen LogP contribution >= 0.6 is 24.0 Å². The lowest BCUT2D eigenvalue weighted by molar-refractivity contribution is -0.137. The third-order valence-electron chi connectivity index (χ3n) is 5.16. The van der Waals surface area contributed by atoms with E-state index in [0.717, 1.165) is 42.2 Å². The maximum absolute atomic E-state index is 12.6. The van der Waals surface area contributed by atoms with Crippen LogP contribution in [0.4, 0.5) is 19.0 Å². The summed E-state index contributed by atoms with van der Waals surface area (Å²) in [6.45, 7) is 3.29. The highest BCUT2D eigenvalue weighted by atomic mass is 127. The molecule has 31 heavy (non-hydrogen) atoms. The topological polar surface area (TPSA) is 52.6 Å². The minimum atomic E-state index is -4.30. The van der Waals surface area contributed by atoms with Gasteiger partial charge in [-0.05, 0) is 61.1 Å². The van der Waals surface area contributed by atoms with Gasteiger partial charge in [-0.25, -0.2) is 4.98 Å². The standard InChI is InChI=1S/C22H28F3N5.HI/c1-26-21(28-12-9-17-5-7-19(8-6-17)22(23,24)25)29-16-18-10-11-27-20(15-18)30-13-3-2-4-14-30;/h5-8,10-11,15H,2-4,9,12-14,16H2,1H3,(H2,26,28,29);1H. The number of rotatable bonds is 6. The largest absolute Gasteiger partial charge is 0.416 e. The fraction of sp³-hybridized carbons (Fsp3) is 0.455. The van der Waals surface area contributed by atoms with E-state index >= 15 is 0 Å². The molecule has 1 fully saturated rings. The number of nitrogens with zero attached hydrogens (tertiary/aromatic N) is 3. The number of hydrogen-bond donors (Lipinski definition) is 2. The average Bonchev–Trinajstić information content (AvgIpc) is 2.76. The van der Waals surface area contributed by atoms with Gasteiger partial charge in [-0.2, -0.15) is 13.2 Å². The Labute approximate surface area is 198 Å². The Morgan fingerprint density at radius 2 is 1.74 bits per heavy atom. The summed E-state index contributed by atoms with van der Waals surface area (Å²) in [6.07, 6.45) is 1.84. The van der Waals surface area contributed by atoms with Crippen molar-refractivity contribution in [2.45, 2.75) is 38.4 Å².